The second-order valence-electron chi connectivity index (χ2n) is 6.06. The molecule has 1 aromatic heterocycles. The number of methoxy groups -OCH3 is 2. The van der Waals surface area contributed by atoms with E-state index in [0.29, 0.717) is 27.8 Å². The number of halogens is 2. The van der Waals surface area contributed by atoms with Crippen molar-refractivity contribution in [3.8, 4) is 22.8 Å². The van der Waals surface area contributed by atoms with Crippen molar-refractivity contribution in [2.24, 2.45) is 0 Å². The summed E-state index contributed by atoms with van der Waals surface area (Å²) < 4.78 is 18.2. The van der Waals surface area contributed by atoms with Crippen LogP contribution < -0.4 is 9.47 Å². The van der Waals surface area contributed by atoms with Crippen LogP contribution in [0, 0.1) is 0 Å². The number of carbonyl (C=O) groups excluding carboxylic acids is 1. The predicted octanol–water partition coefficient (Wildman–Crippen LogP) is 5.37. The summed E-state index contributed by atoms with van der Waals surface area (Å²) in [5.74, 6) is 0.915. The van der Waals surface area contributed by atoms with Crippen LogP contribution in [0.5, 0.6) is 11.5 Å². The van der Waals surface area contributed by atoms with Gasteiger partial charge in [0.05, 0.1) is 19.9 Å². The lowest BCUT2D eigenvalue weighted by Crippen LogP contribution is -2.27. The van der Waals surface area contributed by atoms with Gasteiger partial charge in [-0.25, -0.2) is 4.79 Å². The third kappa shape index (κ3) is 3.87. The molecule has 0 amide bonds. The van der Waals surface area contributed by atoms with Gasteiger partial charge in [-0.1, -0.05) is 11.6 Å². The smallest absolute Gasteiger partial charge is 0.419 e. The van der Waals surface area contributed by atoms with E-state index < -0.39 is 11.7 Å². The van der Waals surface area contributed by atoms with Gasteiger partial charge in [-0.15, -0.1) is 0 Å². The zero-order valence-electron chi connectivity index (χ0n) is 14.1. The Morgan fingerprint density at radius 2 is 1.88 bits per heavy atom. The molecule has 0 spiro atoms. The molecule has 0 aliphatic heterocycles. The third-order valence-electron chi connectivity index (χ3n) is 3.14. The van der Waals surface area contributed by atoms with E-state index in [4.69, 9.17) is 25.8 Å². The predicted molar refractivity (Wildman–Crippen MR) is 97.3 cm³/mol. The van der Waals surface area contributed by atoms with Crippen LogP contribution in [-0.2, 0) is 4.74 Å². The zero-order valence-corrected chi connectivity index (χ0v) is 16.5. The number of hydrogen-bond acceptors (Lipinski definition) is 4. The van der Waals surface area contributed by atoms with E-state index in [0.717, 1.165) is 4.47 Å². The van der Waals surface area contributed by atoms with Gasteiger partial charge in [0.1, 0.15) is 16.4 Å². The molecule has 0 aliphatic carbocycles. The molecule has 0 N–H and O–H groups in total. The summed E-state index contributed by atoms with van der Waals surface area (Å²) in [6, 6.07) is 5.30. The molecular weight excluding hydrogens is 398 g/mol. The monoisotopic (exact) mass is 415 g/mol. The van der Waals surface area contributed by atoms with Crippen LogP contribution in [0.25, 0.3) is 11.3 Å². The topological polar surface area (TPSA) is 49.7 Å². The average molecular weight is 417 g/mol. The van der Waals surface area contributed by atoms with Crippen molar-refractivity contribution in [1.82, 2.24) is 4.57 Å². The molecule has 0 saturated heterocycles. The fourth-order valence-corrected chi connectivity index (χ4v) is 2.94. The van der Waals surface area contributed by atoms with Gasteiger partial charge in [0, 0.05) is 16.2 Å². The van der Waals surface area contributed by atoms with E-state index in [1.807, 2.05) is 20.8 Å². The minimum Gasteiger partial charge on any atom is -0.495 e. The van der Waals surface area contributed by atoms with Crippen LogP contribution in [0.1, 0.15) is 20.8 Å². The molecular formula is C17H19BrClNO4. The minimum absolute atomic E-state index is 0.338. The van der Waals surface area contributed by atoms with Crippen molar-refractivity contribution in [2.75, 3.05) is 14.2 Å². The van der Waals surface area contributed by atoms with Crippen LogP contribution in [-0.4, -0.2) is 30.5 Å². The van der Waals surface area contributed by atoms with E-state index in [1.165, 1.54) is 18.8 Å². The number of benzene rings is 1. The summed E-state index contributed by atoms with van der Waals surface area (Å²) in [4.78, 5) is 12.5. The van der Waals surface area contributed by atoms with Crippen LogP contribution >= 0.6 is 27.5 Å². The fourth-order valence-electron chi connectivity index (χ4n) is 2.20. The van der Waals surface area contributed by atoms with E-state index >= 15 is 0 Å². The quantitative estimate of drug-likeness (QED) is 0.675. The largest absolute Gasteiger partial charge is 0.495 e. The van der Waals surface area contributed by atoms with Gasteiger partial charge in [-0.05, 0) is 54.9 Å². The molecule has 0 bridgehead atoms. The summed E-state index contributed by atoms with van der Waals surface area (Å²) in [6.45, 7) is 5.44. The van der Waals surface area contributed by atoms with Gasteiger partial charge in [-0.3, -0.25) is 4.57 Å². The van der Waals surface area contributed by atoms with Gasteiger partial charge in [-0.2, -0.15) is 0 Å². The Morgan fingerprint density at radius 1 is 1.21 bits per heavy atom. The molecule has 130 valence electrons. The maximum Gasteiger partial charge on any atom is 0.419 e. The molecule has 24 heavy (non-hydrogen) atoms. The lowest BCUT2D eigenvalue weighted by molar-refractivity contribution is 0.0540. The Kier molecular flexibility index (Phi) is 5.50. The normalized spacial score (nSPS) is 11.3. The molecule has 2 aromatic rings. The van der Waals surface area contributed by atoms with Gasteiger partial charge in [0.15, 0.2) is 5.75 Å². The molecule has 5 nitrogen and oxygen atoms in total. The minimum atomic E-state index is -0.604. The lowest BCUT2D eigenvalue weighted by Gasteiger charge is -2.21. The van der Waals surface area contributed by atoms with Gasteiger partial charge < -0.3 is 14.2 Å². The Bertz CT molecular complexity index is 765. The first-order valence-corrected chi connectivity index (χ1v) is 8.37. The third-order valence-corrected chi connectivity index (χ3v) is 3.93. The highest BCUT2D eigenvalue weighted by Gasteiger charge is 2.23. The second kappa shape index (κ2) is 7.07. The Hall–Kier alpha value is -1.66. The second-order valence-corrected chi connectivity index (χ2v) is 7.35. The maximum atomic E-state index is 12.5. The van der Waals surface area contributed by atoms with Crippen molar-refractivity contribution in [3.05, 3.63) is 33.9 Å². The number of nitrogens with zero attached hydrogens (tertiary/aromatic N) is 1. The summed E-state index contributed by atoms with van der Waals surface area (Å²) >= 11 is 9.72. The van der Waals surface area contributed by atoms with E-state index in [2.05, 4.69) is 15.9 Å². The molecule has 0 saturated carbocycles. The molecule has 0 radical (unpaired) electrons. The van der Waals surface area contributed by atoms with E-state index in [1.54, 1.807) is 24.4 Å². The van der Waals surface area contributed by atoms with E-state index in [9.17, 15) is 4.79 Å². The first-order valence-electron chi connectivity index (χ1n) is 7.20. The molecule has 0 atom stereocenters. The molecule has 0 fully saturated rings. The highest BCUT2D eigenvalue weighted by atomic mass is 79.9. The van der Waals surface area contributed by atoms with Crippen molar-refractivity contribution in [2.45, 2.75) is 26.4 Å². The Balaban J connectivity index is 2.58. The van der Waals surface area contributed by atoms with E-state index in [-0.39, 0.29) is 0 Å². The van der Waals surface area contributed by atoms with Crippen molar-refractivity contribution >= 4 is 33.6 Å². The standard InChI is InChI=1S/C17H19BrClNO4/c1-17(2,3)24-16(21)20-9-10(18)8-12(20)11-6-7-13(22-4)14(19)15(11)23-5/h6-9H,1-5H3. The Morgan fingerprint density at radius 3 is 2.42 bits per heavy atom. The average Bonchev–Trinajstić information content (AvgIpc) is 2.87. The van der Waals surface area contributed by atoms with Crippen LogP contribution in [0.2, 0.25) is 5.02 Å². The summed E-state index contributed by atoms with van der Waals surface area (Å²) in [7, 11) is 3.04. The number of hydrogen-bond donors (Lipinski definition) is 0. The van der Waals surface area contributed by atoms with Crippen molar-refractivity contribution in [3.63, 3.8) is 0 Å². The van der Waals surface area contributed by atoms with Gasteiger partial charge in [0.25, 0.3) is 0 Å². The zero-order chi connectivity index (χ0) is 18.1. The van der Waals surface area contributed by atoms with Crippen LogP contribution in [0.3, 0.4) is 0 Å². The highest BCUT2D eigenvalue weighted by Crippen LogP contribution is 2.42. The van der Waals surface area contributed by atoms with Gasteiger partial charge in [0.2, 0.25) is 0 Å². The number of carbonyl (C=O) groups is 1. The molecule has 2 rings (SSSR count). The van der Waals surface area contributed by atoms with Crippen LogP contribution in [0.4, 0.5) is 4.79 Å². The molecule has 1 aromatic carbocycles. The fraction of sp³-hybridized carbons (Fsp3) is 0.353. The van der Waals surface area contributed by atoms with Gasteiger partial charge >= 0.3 is 6.09 Å². The van der Waals surface area contributed by atoms with Crippen LogP contribution in [0.15, 0.2) is 28.9 Å². The summed E-state index contributed by atoms with van der Waals surface area (Å²) in [5, 5.41) is 0.338. The summed E-state index contributed by atoms with van der Waals surface area (Å²) in [6.07, 6.45) is 1.15. The van der Waals surface area contributed by atoms with Crippen molar-refractivity contribution < 1.29 is 19.0 Å². The first kappa shape index (κ1) is 18.7. The molecule has 0 aliphatic rings. The number of ether oxygens (including phenoxy) is 3. The molecule has 0 unspecified atom stereocenters. The maximum absolute atomic E-state index is 12.5. The van der Waals surface area contributed by atoms with Crippen molar-refractivity contribution in [1.29, 1.82) is 0 Å². The first-order chi connectivity index (χ1) is 11.2. The number of rotatable bonds is 3. The highest BCUT2D eigenvalue weighted by molar-refractivity contribution is 9.10. The SMILES string of the molecule is COc1ccc(-c2cc(Br)cn2C(=O)OC(C)(C)C)c(OC)c1Cl. The Labute approximate surface area is 154 Å². The summed E-state index contributed by atoms with van der Waals surface area (Å²) in [5.41, 5.74) is 0.643. The lowest BCUT2D eigenvalue weighted by atomic mass is 10.1. The molecule has 7 heteroatoms. The number of aromatic nitrogens is 1. The molecule has 1 heterocycles.